The third-order valence-electron chi connectivity index (χ3n) is 2.11. The highest BCUT2D eigenvalue weighted by Gasteiger charge is 2.06. The molecule has 17 heavy (non-hydrogen) atoms. The maximum absolute atomic E-state index is 5.95. The molecule has 0 aliphatic heterocycles. The molecule has 0 atom stereocenters. The van der Waals surface area contributed by atoms with Crippen LogP contribution in [0.5, 0.6) is 0 Å². The Balaban J connectivity index is 1.92. The molecule has 2 rings (SSSR count). The van der Waals surface area contributed by atoms with Gasteiger partial charge in [0.2, 0.25) is 0 Å². The second-order valence-corrected chi connectivity index (χ2v) is 4.80. The summed E-state index contributed by atoms with van der Waals surface area (Å²) in [5.74, 6) is 0.849. The van der Waals surface area contributed by atoms with Crippen molar-refractivity contribution >= 4 is 34.6 Å². The molecule has 0 amide bonds. The van der Waals surface area contributed by atoms with Gasteiger partial charge in [-0.05, 0) is 6.92 Å². The number of nitrogen functional groups attached to an aromatic ring is 1. The molecular weight excluding hydrogens is 258 g/mol. The molecule has 0 aromatic carbocycles. The fraction of sp³-hybridized carbons (Fsp3) is 0.300. The van der Waals surface area contributed by atoms with Gasteiger partial charge in [-0.1, -0.05) is 11.6 Å². The zero-order chi connectivity index (χ0) is 12.3. The highest BCUT2D eigenvalue weighted by molar-refractivity contribution is 7.09. The van der Waals surface area contributed by atoms with E-state index in [-0.39, 0.29) is 5.82 Å². The van der Waals surface area contributed by atoms with Crippen molar-refractivity contribution in [1.29, 1.82) is 0 Å². The summed E-state index contributed by atoms with van der Waals surface area (Å²) in [5, 5.41) is 6.60. The van der Waals surface area contributed by atoms with Gasteiger partial charge in [0.05, 0.1) is 5.01 Å². The lowest BCUT2D eigenvalue weighted by atomic mass is 10.4. The molecule has 0 aliphatic carbocycles. The molecule has 0 saturated heterocycles. The molecule has 3 N–H and O–H groups in total. The fourth-order valence-corrected chi connectivity index (χ4v) is 2.25. The summed E-state index contributed by atoms with van der Waals surface area (Å²) in [4.78, 5) is 12.2. The van der Waals surface area contributed by atoms with Crippen LogP contribution in [0.2, 0.25) is 5.02 Å². The van der Waals surface area contributed by atoms with E-state index >= 15 is 0 Å². The lowest BCUT2D eigenvalue weighted by molar-refractivity contribution is 0.974. The van der Waals surface area contributed by atoms with Gasteiger partial charge in [-0.3, -0.25) is 0 Å². The molecule has 0 spiro atoms. The maximum Gasteiger partial charge on any atom is 0.150 e. The van der Waals surface area contributed by atoms with Gasteiger partial charge in [-0.2, -0.15) is 0 Å². The Labute approximate surface area is 108 Å². The van der Waals surface area contributed by atoms with E-state index in [0.29, 0.717) is 17.4 Å². The zero-order valence-electron chi connectivity index (χ0n) is 9.27. The molecule has 0 fully saturated rings. The van der Waals surface area contributed by atoms with Gasteiger partial charge in [0.25, 0.3) is 0 Å². The minimum atomic E-state index is 0.286. The quantitative estimate of drug-likeness (QED) is 0.889. The van der Waals surface area contributed by atoms with Crippen LogP contribution in [0.3, 0.4) is 0 Å². The van der Waals surface area contributed by atoms with Crippen molar-refractivity contribution in [1.82, 2.24) is 15.0 Å². The summed E-state index contributed by atoms with van der Waals surface area (Å²) in [7, 11) is 0. The summed E-state index contributed by atoms with van der Waals surface area (Å²) < 4.78 is 0. The Morgan fingerprint density at radius 1 is 1.47 bits per heavy atom. The number of aromatic nitrogens is 3. The molecule has 2 aromatic heterocycles. The van der Waals surface area contributed by atoms with Crippen molar-refractivity contribution in [3.05, 3.63) is 27.4 Å². The first-order chi connectivity index (χ1) is 8.16. The molecular formula is C10H12ClN5S. The van der Waals surface area contributed by atoms with Crippen molar-refractivity contribution in [2.75, 3.05) is 17.6 Å². The lowest BCUT2D eigenvalue weighted by Crippen LogP contribution is -2.08. The predicted molar refractivity (Wildman–Crippen MR) is 70.5 cm³/mol. The van der Waals surface area contributed by atoms with Crippen molar-refractivity contribution in [2.45, 2.75) is 13.3 Å². The number of nitrogens with one attached hydrogen (secondary N) is 1. The Morgan fingerprint density at radius 2 is 2.29 bits per heavy atom. The standard InChI is InChI=1S/C10H12ClN5S/c1-6-4-17-7(16-6)2-3-13-10-8(11)9(12)14-5-15-10/h4-5H,2-3H2,1H3,(H3,12,13,14,15). The van der Waals surface area contributed by atoms with Gasteiger partial charge in [-0.15, -0.1) is 11.3 Å². The topological polar surface area (TPSA) is 76.7 Å². The predicted octanol–water partition coefficient (Wildman–Crippen LogP) is 2.13. The number of halogens is 1. The third-order valence-corrected chi connectivity index (χ3v) is 3.51. The minimum absolute atomic E-state index is 0.286. The first-order valence-corrected chi connectivity index (χ1v) is 6.33. The van der Waals surface area contributed by atoms with Crippen LogP contribution < -0.4 is 11.1 Å². The van der Waals surface area contributed by atoms with Gasteiger partial charge in [0.1, 0.15) is 23.0 Å². The van der Waals surface area contributed by atoms with Crippen LogP contribution in [0.25, 0.3) is 0 Å². The number of aryl methyl sites for hydroxylation is 1. The molecule has 2 heterocycles. The normalized spacial score (nSPS) is 10.5. The monoisotopic (exact) mass is 269 g/mol. The average Bonchev–Trinajstić information content (AvgIpc) is 2.70. The highest BCUT2D eigenvalue weighted by atomic mass is 35.5. The number of nitrogens with two attached hydrogens (primary N) is 1. The first-order valence-electron chi connectivity index (χ1n) is 5.07. The highest BCUT2D eigenvalue weighted by Crippen LogP contribution is 2.23. The number of rotatable bonds is 4. The van der Waals surface area contributed by atoms with E-state index in [4.69, 9.17) is 17.3 Å². The molecule has 0 radical (unpaired) electrons. The third kappa shape index (κ3) is 3.04. The first kappa shape index (κ1) is 12.1. The van der Waals surface area contributed by atoms with Gasteiger partial charge < -0.3 is 11.1 Å². The zero-order valence-corrected chi connectivity index (χ0v) is 10.8. The maximum atomic E-state index is 5.95. The van der Waals surface area contributed by atoms with E-state index in [9.17, 15) is 0 Å². The van der Waals surface area contributed by atoms with Crippen molar-refractivity contribution in [3.63, 3.8) is 0 Å². The Kier molecular flexibility index (Phi) is 3.75. The van der Waals surface area contributed by atoms with E-state index in [1.165, 1.54) is 6.33 Å². The van der Waals surface area contributed by atoms with Crippen LogP contribution in [-0.2, 0) is 6.42 Å². The molecule has 7 heteroatoms. The van der Waals surface area contributed by atoms with E-state index in [1.54, 1.807) is 11.3 Å². The molecule has 0 bridgehead atoms. The fourth-order valence-electron chi connectivity index (χ4n) is 1.31. The van der Waals surface area contributed by atoms with Crippen LogP contribution in [-0.4, -0.2) is 21.5 Å². The van der Waals surface area contributed by atoms with Crippen molar-refractivity contribution < 1.29 is 0 Å². The summed E-state index contributed by atoms with van der Waals surface area (Å²) in [5.41, 5.74) is 6.62. The largest absolute Gasteiger partial charge is 0.382 e. The van der Waals surface area contributed by atoms with Crippen LogP contribution in [0.15, 0.2) is 11.7 Å². The Hall–Kier alpha value is -1.40. The SMILES string of the molecule is Cc1csc(CCNc2ncnc(N)c2Cl)n1. The number of hydrogen-bond acceptors (Lipinski definition) is 6. The van der Waals surface area contributed by atoms with Crippen LogP contribution in [0.1, 0.15) is 10.7 Å². The van der Waals surface area contributed by atoms with Gasteiger partial charge in [-0.25, -0.2) is 15.0 Å². The van der Waals surface area contributed by atoms with Crippen LogP contribution in [0, 0.1) is 6.92 Å². The summed E-state index contributed by atoms with van der Waals surface area (Å²) in [6.07, 6.45) is 2.22. The van der Waals surface area contributed by atoms with Crippen molar-refractivity contribution in [3.8, 4) is 0 Å². The smallest absolute Gasteiger partial charge is 0.150 e. The Bertz CT molecular complexity index is 513. The summed E-state index contributed by atoms with van der Waals surface area (Å²) in [6.45, 7) is 2.69. The van der Waals surface area contributed by atoms with Crippen LogP contribution >= 0.6 is 22.9 Å². The van der Waals surface area contributed by atoms with E-state index in [0.717, 1.165) is 17.1 Å². The average molecular weight is 270 g/mol. The van der Waals surface area contributed by atoms with Gasteiger partial charge in [0, 0.05) is 24.0 Å². The van der Waals surface area contributed by atoms with Gasteiger partial charge >= 0.3 is 0 Å². The number of hydrogen-bond donors (Lipinski definition) is 2. The summed E-state index contributed by atoms with van der Waals surface area (Å²) in [6, 6.07) is 0. The molecule has 0 saturated carbocycles. The number of nitrogens with zero attached hydrogens (tertiary/aromatic N) is 3. The van der Waals surface area contributed by atoms with E-state index < -0.39 is 0 Å². The second-order valence-electron chi connectivity index (χ2n) is 3.48. The van der Waals surface area contributed by atoms with E-state index in [1.807, 2.05) is 12.3 Å². The number of anilines is 2. The molecule has 2 aromatic rings. The molecule has 0 aliphatic rings. The van der Waals surface area contributed by atoms with Crippen LogP contribution in [0.4, 0.5) is 11.6 Å². The van der Waals surface area contributed by atoms with Crippen molar-refractivity contribution in [2.24, 2.45) is 0 Å². The molecule has 90 valence electrons. The second kappa shape index (κ2) is 5.29. The molecule has 0 unspecified atom stereocenters. The Morgan fingerprint density at radius 3 is 3.00 bits per heavy atom. The minimum Gasteiger partial charge on any atom is -0.382 e. The number of thiazole rings is 1. The summed E-state index contributed by atoms with van der Waals surface area (Å²) >= 11 is 7.60. The van der Waals surface area contributed by atoms with Gasteiger partial charge in [0.15, 0.2) is 0 Å². The molecule has 5 nitrogen and oxygen atoms in total. The lowest BCUT2D eigenvalue weighted by Gasteiger charge is -2.06. The van der Waals surface area contributed by atoms with E-state index in [2.05, 4.69) is 20.3 Å².